The van der Waals surface area contributed by atoms with E-state index in [1.165, 1.54) is 52.2 Å². The number of benzene rings is 2. The molecule has 0 saturated heterocycles. The molecule has 32 heavy (non-hydrogen) atoms. The highest BCUT2D eigenvalue weighted by atomic mass is 32.2. The zero-order valence-corrected chi connectivity index (χ0v) is 18.4. The van der Waals surface area contributed by atoms with Crippen LogP contribution in [-0.4, -0.2) is 41.3 Å². The standard InChI is InChI=1S/C18H20F3N3O6S2/c1-3-30-16(25)17(18(19,20)21,23-31(26,27)14-7-5-4-6-8-14)22-24-32(28,29)15-11-9-13(2)10-12-15/h4-12,22-24H,3H2,1-2H3. The molecule has 0 fully saturated rings. The van der Waals surface area contributed by atoms with Gasteiger partial charge in [-0.2, -0.15) is 17.9 Å². The van der Waals surface area contributed by atoms with E-state index in [-0.39, 0.29) is 0 Å². The maximum atomic E-state index is 14.1. The van der Waals surface area contributed by atoms with Crippen LogP contribution in [0.25, 0.3) is 0 Å². The van der Waals surface area contributed by atoms with Gasteiger partial charge in [0.2, 0.25) is 10.0 Å². The summed E-state index contributed by atoms with van der Waals surface area (Å²) in [5, 5.41) is 0. The lowest BCUT2D eigenvalue weighted by molar-refractivity contribution is -0.217. The van der Waals surface area contributed by atoms with Gasteiger partial charge in [-0.15, -0.1) is 4.83 Å². The minimum absolute atomic E-state index is 0.429. The number of ether oxygens (including phenoxy) is 1. The Morgan fingerprint density at radius 2 is 1.44 bits per heavy atom. The van der Waals surface area contributed by atoms with Crippen molar-refractivity contribution in [3.8, 4) is 0 Å². The Balaban J connectivity index is 2.52. The van der Waals surface area contributed by atoms with E-state index in [9.17, 15) is 34.8 Å². The molecule has 0 aliphatic carbocycles. The molecule has 0 radical (unpaired) electrons. The fraction of sp³-hybridized carbons (Fsp3) is 0.278. The summed E-state index contributed by atoms with van der Waals surface area (Å²) in [5.41, 5.74) is -2.18. The van der Waals surface area contributed by atoms with E-state index in [4.69, 9.17) is 0 Å². The number of aryl methyl sites for hydroxylation is 1. The van der Waals surface area contributed by atoms with Crippen LogP contribution in [0, 0.1) is 6.92 Å². The van der Waals surface area contributed by atoms with E-state index < -0.39 is 54.3 Å². The molecule has 2 rings (SSSR count). The first-order chi connectivity index (χ1) is 14.7. The molecule has 14 heteroatoms. The molecule has 1 atom stereocenters. The first kappa shape index (κ1) is 25.7. The predicted molar refractivity (Wildman–Crippen MR) is 107 cm³/mol. The lowest BCUT2D eigenvalue weighted by Gasteiger charge is -2.34. The molecule has 9 nitrogen and oxygen atoms in total. The molecule has 0 aliphatic rings. The minimum Gasteiger partial charge on any atom is -0.463 e. The molecule has 0 amide bonds. The van der Waals surface area contributed by atoms with Gasteiger partial charge in [-0.25, -0.2) is 27.1 Å². The molecule has 1 unspecified atom stereocenters. The van der Waals surface area contributed by atoms with Crippen LogP contribution in [-0.2, 0) is 29.6 Å². The van der Waals surface area contributed by atoms with E-state index in [2.05, 4.69) is 4.74 Å². The third kappa shape index (κ3) is 5.63. The number of hydrazine groups is 1. The summed E-state index contributed by atoms with van der Waals surface area (Å²) < 4.78 is 98.1. The molecular weight excluding hydrogens is 475 g/mol. The van der Waals surface area contributed by atoms with Gasteiger partial charge in [-0.1, -0.05) is 35.9 Å². The second-order valence-electron chi connectivity index (χ2n) is 6.43. The van der Waals surface area contributed by atoms with Crippen molar-refractivity contribution in [2.45, 2.75) is 35.5 Å². The van der Waals surface area contributed by atoms with Crippen molar-refractivity contribution < 1.29 is 39.5 Å². The SMILES string of the molecule is CCOC(=O)C(NNS(=O)(=O)c1ccc(C)cc1)(NS(=O)(=O)c1ccccc1)C(F)(F)F. The van der Waals surface area contributed by atoms with Gasteiger partial charge >= 0.3 is 12.1 Å². The summed E-state index contributed by atoms with van der Waals surface area (Å²) in [6, 6.07) is 10.9. The molecule has 0 saturated carbocycles. The third-order valence-electron chi connectivity index (χ3n) is 4.05. The fourth-order valence-corrected chi connectivity index (χ4v) is 4.57. The summed E-state index contributed by atoms with van der Waals surface area (Å²) in [5.74, 6) is -2.11. The number of rotatable bonds is 9. The van der Waals surface area contributed by atoms with Crippen LogP contribution < -0.4 is 15.0 Å². The van der Waals surface area contributed by atoms with Crippen LogP contribution in [0.4, 0.5) is 13.2 Å². The summed E-state index contributed by atoms with van der Waals surface area (Å²) in [4.78, 5) is 12.8. The maximum Gasteiger partial charge on any atom is 0.433 e. The monoisotopic (exact) mass is 495 g/mol. The third-order valence-corrected chi connectivity index (χ3v) is 6.78. The molecule has 176 valence electrons. The Bertz CT molecular complexity index is 1150. The first-order valence-electron chi connectivity index (χ1n) is 8.94. The van der Waals surface area contributed by atoms with Crippen LogP contribution >= 0.6 is 0 Å². The number of carbonyl (C=O) groups excluding carboxylic acids is 1. The maximum absolute atomic E-state index is 14.1. The number of carbonyl (C=O) groups is 1. The quantitative estimate of drug-likeness (QED) is 0.274. The molecule has 3 N–H and O–H groups in total. The molecule has 0 bridgehead atoms. The summed E-state index contributed by atoms with van der Waals surface area (Å²) in [6.07, 6.45) is -5.67. The number of esters is 1. The number of alkyl halides is 3. The van der Waals surface area contributed by atoms with Crippen LogP contribution in [0.2, 0.25) is 0 Å². The summed E-state index contributed by atoms with van der Waals surface area (Å²) >= 11 is 0. The van der Waals surface area contributed by atoms with Crippen molar-refractivity contribution in [3.63, 3.8) is 0 Å². The average Bonchev–Trinajstić information content (AvgIpc) is 2.71. The normalized spacial score (nSPS) is 14.5. The van der Waals surface area contributed by atoms with Crippen molar-refractivity contribution in [1.29, 1.82) is 0 Å². The Hall–Kier alpha value is -2.52. The van der Waals surface area contributed by atoms with Gasteiger partial charge in [0.1, 0.15) is 0 Å². The van der Waals surface area contributed by atoms with Crippen molar-refractivity contribution in [2.24, 2.45) is 0 Å². The number of halogens is 3. The van der Waals surface area contributed by atoms with Crippen LogP contribution in [0.5, 0.6) is 0 Å². The zero-order valence-electron chi connectivity index (χ0n) is 16.8. The van der Waals surface area contributed by atoms with Crippen molar-refractivity contribution in [3.05, 3.63) is 60.2 Å². The van der Waals surface area contributed by atoms with Crippen LogP contribution in [0.15, 0.2) is 64.4 Å². The summed E-state index contributed by atoms with van der Waals surface area (Å²) in [7, 11) is -9.61. The smallest absolute Gasteiger partial charge is 0.433 e. The minimum atomic E-state index is -5.67. The lowest BCUT2D eigenvalue weighted by atomic mass is 10.2. The predicted octanol–water partition coefficient (Wildman–Crippen LogP) is 1.58. The molecule has 2 aromatic rings. The van der Waals surface area contributed by atoms with Gasteiger partial charge in [0.15, 0.2) is 0 Å². The van der Waals surface area contributed by atoms with Crippen molar-refractivity contribution in [1.82, 2.24) is 15.0 Å². The number of nitrogens with one attached hydrogen (secondary N) is 3. The summed E-state index contributed by atoms with van der Waals surface area (Å²) in [6.45, 7) is 2.31. The lowest BCUT2D eigenvalue weighted by Crippen LogP contribution is -2.75. The molecule has 0 aliphatic heterocycles. The second-order valence-corrected chi connectivity index (χ2v) is 9.80. The van der Waals surface area contributed by atoms with Crippen molar-refractivity contribution in [2.75, 3.05) is 6.61 Å². The molecule has 0 aromatic heterocycles. The van der Waals surface area contributed by atoms with E-state index >= 15 is 0 Å². The second kappa shape index (κ2) is 9.54. The highest BCUT2D eigenvalue weighted by Crippen LogP contribution is 2.31. The topological polar surface area (TPSA) is 131 Å². The van der Waals surface area contributed by atoms with E-state index in [0.717, 1.165) is 24.3 Å². The van der Waals surface area contributed by atoms with Gasteiger partial charge in [-0.05, 0) is 38.1 Å². The van der Waals surface area contributed by atoms with Crippen LogP contribution in [0.1, 0.15) is 12.5 Å². The Labute approximate surface area is 183 Å². The number of hydrogen-bond acceptors (Lipinski definition) is 7. The molecular formula is C18H20F3N3O6S2. The Morgan fingerprint density at radius 3 is 1.94 bits per heavy atom. The van der Waals surface area contributed by atoms with Gasteiger partial charge in [0.05, 0.1) is 16.4 Å². The first-order valence-corrected chi connectivity index (χ1v) is 11.9. The van der Waals surface area contributed by atoms with Crippen LogP contribution in [0.3, 0.4) is 0 Å². The van der Waals surface area contributed by atoms with Gasteiger partial charge in [0, 0.05) is 0 Å². The average molecular weight is 496 g/mol. The van der Waals surface area contributed by atoms with Gasteiger partial charge in [-0.3, -0.25) is 0 Å². The van der Waals surface area contributed by atoms with E-state index in [0.29, 0.717) is 5.56 Å². The number of sulfonamides is 2. The zero-order chi connectivity index (χ0) is 24.2. The number of hydrogen-bond donors (Lipinski definition) is 3. The van der Waals surface area contributed by atoms with Gasteiger partial charge < -0.3 is 4.74 Å². The van der Waals surface area contributed by atoms with Crippen molar-refractivity contribution >= 4 is 26.0 Å². The molecule has 0 heterocycles. The molecule has 2 aromatic carbocycles. The highest BCUT2D eigenvalue weighted by Gasteiger charge is 2.65. The van der Waals surface area contributed by atoms with E-state index in [1.807, 2.05) is 0 Å². The Kier molecular flexibility index (Phi) is 7.67. The fourth-order valence-electron chi connectivity index (χ4n) is 2.38. The van der Waals surface area contributed by atoms with Gasteiger partial charge in [0.25, 0.3) is 15.7 Å². The molecule has 0 spiro atoms. The largest absolute Gasteiger partial charge is 0.463 e. The Morgan fingerprint density at radius 1 is 0.906 bits per heavy atom. The highest BCUT2D eigenvalue weighted by molar-refractivity contribution is 7.90. The van der Waals surface area contributed by atoms with E-state index in [1.54, 1.807) is 6.92 Å².